The van der Waals surface area contributed by atoms with Crippen molar-refractivity contribution in [1.29, 1.82) is 0 Å². The summed E-state index contributed by atoms with van der Waals surface area (Å²) >= 11 is 0. The number of nitrogens with one attached hydrogen (secondary N) is 2. The number of primary amides is 1. The number of carbonyl (C=O) groups is 1. The fraction of sp³-hybridized carbons (Fsp3) is 0.600. The van der Waals surface area contributed by atoms with Crippen LogP contribution in [0.3, 0.4) is 0 Å². The summed E-state index contributed by atoms with van der Waals surface area (Å²) < 4.78 is 0. The van der Waals surface area contributed by atoms with Crippen molar-refractivity contribution >= 4 is 11.9 Å². The number of likely N-dealkylation sites (tertiary alicyclic amines) is 1. The molecule has 1 saturated heterocycles. The van der Waals surface area contributed by atoms with Gasteiger partial charge in [0.1, 0.15) is 0 Å². The Hall–Kier alpha value is -2.08. The molecule has 0 radical (unpaired) electrons. The average Bonchev–Trinajstić information content (AvgIpc) is 2.64. The van der Waals surface area contributed by atoms with Gasteiger partial charge in [0.15, 0.2) is 5.96 Å². The summed E-state index contributed by atoms with van der Waals surface area (Å²) in [6.45, 7) is 10.2. The molecule has 2 rings (SSSR count). The molecular formula is C20H33N5O. The molecular weight excluding hydrogens is 326 g/mol. The Morgan fingerprint density at radius 2 is 2.08 bits per heavy atom. The number of carbonyl (C=O) groups excluding carboxylic acids is 1. The smallest absolute Gasteiger partial charge is 0.248 e. The predicted molar refractivity (Wildman–Crippen MR) is 107 cm³/mol. The highest BCUT2D eigenvalue weighted by Gasteiger charge is 2.14. The third-order valence-electron chi connectivity index (χ3n) is 4.80. The van der Waals surface area contributed by atoms with Crippen molar-refractivity contribution in [1.82, 2.24) is 15.5 Å². The number of piperidine rings is 1. The van der Waals surface area contributed by atoms with Gasteiger partial charge in [-0.15, -0.1) is 0 Å². The fourth-order valence-corrected chi connectivity index (χ4v) is 3.13. The van der Waals surface area contributed by atoms with Gasteiger partial charge in [0.05, 0.1) is 6.54 Å². The van der Waals surface area contributed by atoms with Gasteiger partial charge in [-0.1, -0.05) is 19.1 Å². The minimum absolute atomic E-state index is 0.409. The van der Waals surface area contributed by atoms with Gasteiger partial charge in [-0.3, -0.25) is 4.79 Å². The molecule has 1 aliphatic heterocycles. The van der Waals surface area contributed by atoms with Crippen molar-refractivity contribution < 1.29 is 4.79 Å². The van der Waals surface area contributed by atoms with E-state index >= 15 is 0 Å². The van der Waals surface area contributed by atoms with E-state index in [1.807, 2.05) is 12.1 Å². The molecule has 0 atom stereocenters. The second kappa shape index (κ2) is 10.8. The van der Waals surface area contributed by atoms with Crippen LogP contribution in [0.25, 0.3) is 0 Å². The maximum atomic E-state index is 11.3. The van der Waals surface area contributed by atoms with Gasteiger partial charge >= 0.3 is 0 Å². The SMILES string of the molecule is CCNC(=NCc1cccc(C(N)=O)c1)NCCCN1CCC(C)CC1. The van der Waals surface area contributed by atoms with Crippen LogP contribution in [-0.2, 0) is 6.54 Å². The van der Waals surface area contributed by atoms with Crippen molar-refractivity contribution in [2.24, 2.45) is 16.6 Å². The molecule has 144 valence electrons. The van der Waals surface area contributed by atoms with Crippen LogP contribution in [0.1, 0.15) is 49.0 Å². The molecule has 1 fully saturated rings. The number of nitrogens with zero attached hydrogens (tertiary/aromatic N) is 2. The highest BCUT2D eigenvalue weighted by molar-refractivity contribution is 5.92. The van der Waals surface area contributed by atoms with E-state index in [1.54, 1.807) is 12.1 Å². The molecule has 0 aliphatic carbocycles. The predicted octanol–water partition coefficient (Wildman–Crippen LogP) is 1.96. The highest BCUT2D eigenvalue weighted by atomic mass is 16.1. The van der Waals surface area contributed by atoms with Crippen molar-refractivity contribution in [2.45, 2.75) is 39.7 Å². The summed E-state index contributed by atoms with van der Waals surface area (Å²) in [5, 5.41) is 6.67. The molecule has 6 heteroatoms. The van der Waals surface area contributed by atoms with Crippen molar-refractivity contribution in [3.05, 3.63) is 35.4 Å². The Balaban J connectivity index is 1.77. The van der Waals surface area contributed by atoms with E-state index in [4.69, 9.17) is 5.73 Å². The van der Waals surface area contributed by atoms with E-state index in [2.05, 4.69) is 34.4 Å². The summed E-state index contributed by atoms with van der Waals surface area (Å²) in [6.07, 6.45) is 3.75. The number of aliphatic imine (C=N–C) groups is 1. The summed E-state index contributed by atoms with van der Waals surface area (Å²) in [4.78, 5) is 18.4. The van der Waals surface area contributed by atoms with Gasteiger partial charge in [-0.05, 0) is 69.4 Å². The zero-order valence-electron chi connectivity index (χ0n) is 16.1. The molecule has 1 aromatic rings. The Morgan fingerprint density at radius 1 is 1.31 bits per heavy atom. The van der Waals surface area contributed by atoms with Crippen molar-refractivity contribution in [3.8, 4) is 0 Å². The molecule has 26 heavy (non-hydrogen) atoms. The zero-order chi connectivity index (χ0) is 18.8. The third kappa shape index (κ3) is 7.04. The molecule has 0 aromatic heterocycles. The van der Waals surface area contributed by atoms with E-state index in [1.165, 1.54) is 25.9 Å². The lowest BCUT2D eigenvalue weighted by Gasteiger charge is -2.30. The van der Waals surface area contributed by atoms with Crippen LogP contribution in [0.5, 0.6) is 0 Å². The first-order chi connectivity index (χ1) is 12.6. The first-order valence-corrected chi connectivity index (χ1v) is 9.71. The van der Waals surface area contributed by atoms with Crippen LogP contribution < -0.4 is 16.4 Å². The van der Waals surface area contributed by atoms with Gasteiger partial charge < -0.3 is 21.3 Å². The zero-order valence-corrected chi connectivity index (χ0v) is 16.1. The Labute approximate surface area is 157 Å². The Kier molecular flexibility index (Phi) is 8.41. The van der Waals surface area contributed by atoms with Crippen LogP contribution in [-0.4, -0.2) is 49.5 Å². The van der Waals surface area contributed by atoms with Crippen molar-refractivity contribution in [2.75, 3.05) is 32.7 Å². The van der Waals surface area contributed by atoms with Crippen LogP contribution in [0.15, 0.2) is 29.3 Å². The van der Waals surface area contributed by atoms with Crippen LogP contribution in [0.2, 0.25) is 0 Å². The lowest BCUT2D eigenvalue weighted by Crippen LogP contribution is -2.39. The maximum absolute atomic E-state index is 11.3. The molecule has 1 aromatic carbocycles. The summed E-state index contributed by atoms with van der Waals surface area (Å²) in [5.41, 5.74) is 6.83. The standard InChI is InChI=1S/C20H33N5O/c1-3-22-20(23-10-5-11-25-12-8-16(2)9-13-25)24-15-17-6-4-7-18(14-17)19(21)26/h4,6-7,14,16H,3,5,8-13,15H2,1-2H3,(H2,21,26)(H2,22,23,24). The van der Waals surface area contributed by atoms with E-state index < -0.39 is 5.91 Å². The summed E-state index contributed by atoms with van der Waals surface area (Å²) in [7, 11) is 0. The molecule has 0 saturated carbocycles. The van der Waals surface area contributed by atoms with Gasteiger partial charge in [0, 0.05) is 18.7 Å². The molecule has 6 nitrogen and oxygen atoms in total. The number of hydrogen-bond acceptors (Lipinski definition) is 3. The molecule has 4 N–H and O–H groups in total. The van der Waals surface area contributed by atoms with E-state index in [0.29, 0.717) is 12.1 Å². The number of hydrogen-bond donors (Lipinski definition) is 3. The molecule has 0 spiro atoms. The number of benzene rings is 1. The maximum Gasteiger partial charge on any atom is 0.248 e. The van der Waals surface area contributed by atoms with Gasteiger partial charge in [-0.2, -0.15) is 0 Å². The minimum Gasteiger partial charge on any atom is -0.366 e. The van der Waals surface area contributed by atoms with Crippen LogP contribution in [0, 0.1) is 5.92 Å². The second-order valence-corrected chi connectivity index (χ2v) is 7.06. The molecule has 1 heterocycles. The largest absolute Gasteiger partial charge is 0.366 e. The molecule has 0 unspecified atom stereocenters. The number of nitrogens with two attached hydrogens (primary N) is 1. The number of amides is 1. The first kappa shape index (κ1) is 20.2. The van der Waals surface area contributed by atoms with Crippen LogP contribution in [0.4, 0.5) is 0 Å². The second-order valence-electron chi connectivity index (χ2n) is 7.06. The Morgan fingerprint density at radius 3 is 2.77 bits per heavy atom. The average molecular weight is 360 g/mol. The number of guanidine groups is 1. The first-order valence-electron chi connectivity index (χ1n) is 9.71. The number of rotatable bonds is 8. The quantitative estimate of drug-likeness (QED) is 0.376. The minimum atomic E-state index is -0.409. The third-order valence-corrected chi connectivity index (χ3v) is 4.80. The van der Waals surface area contributed by atoms with Gasteiger partial charge in [-0.25, -0.2) is 4.99 Å². The lowest BCUT2D eigenvalue weighted by atomic mass is 9.99. The van der Waals surface area contributed by atoms with E-state index in [-0.39, 0.29) is 0 Å². The highest BCUT2D eigenvalue weighted by Crippen LogP contribution is 2.15. The van der Waals surface area contributed by atoms with E-state index in [9.17, 15) is 4.79 Å². The molecule has 1 aliphatic rings. The summed E-state index contributed by atoms with van der Waals surface area (Å²) in [5.74, 6) is 1.28. The Bertz CT molecular complexity index is 594. The lowest BCUT2D eigenvalue weighted by molar-refractivity contribution is 0.1000. The van der Waals surface area contributed by atoms with E-state index in [0.717, 1.165) is 43.5 Å². The van der Waals surface area contributed by atoms with Gasteiger partial charge in [0.2, 0.25) is 5.91 Å². The molecule has 1 amide bonds. The van der Waals surface area contributed by atoms with Crippen molar-refractivity contribution in [3.63, 3.8) is 0 Å². The monoisotopic (exact) mass is 359 g/mol. The summed E-state index contributed by atoms with van der Waals surface area (Å²) in [6, 6.07) is 7.31. The molecule has 0 bridgehead atoms. The fourth-order valence-electron chi connectivity index (χ4n) is 3.13. The van der Waals surface area contributed by atoms with Crippen LogP contribution >= 0.6 is 0 Å². The topological polar surface area (TPSA) is 82.7 Å². The van der Waals surface area contributed by atoms with Gasteiger partial charge in [0.25, 0.3) is 0 Å². The normalized spacial score (nSPS) is 16.5.